The van der Waals surface area contributed by atoms with Crippen molar-refractivity contribution in [3.63, 3.8) is 0 Å². The molecule has 21 heavy (non-hydrogen) atoms. The van der Waals surface area contributed by atoms with Crippen LogP contribution in [0.5, 0.6) is 0 Å². The fourth-order valence-corrected chi connectivity index (χ4v) is 3.86. The summed E-state index contributed by atoms with van der Waals surface area (Å²) >= 11 is 3.32. The van der Waals surface area contributed by atoms with Crippen molar-refractivity contribution in [2.45, 2.75) is 4.90 Å². The van der Waals surface area contributed by atoms with Crippen LogP contribution in [0.1, 0.15) is 0 Å². The molecule has 0 saturated carbocycles. The molecule has 1 heterocycles. The topological polar surface area (TPSA) is 88.0 Å². The monoisotopic (exact) mass is 365 g/mol. The first kappa shape index (κ1) is 14.0. The van der Waals surface area contributed by atoms with Crippen molar-refractivity contribution in [1.82, 2.24) is 4.98 Å². The van der Waals surface area contributed by atoms with Gasteiger partial charge in [0.25, 0.3) is 10.0 Å². The zero-order chi connectivity index (χ0) is 15.0. The minimum atomic E-state index is -3.68. The Hall–Kier alpha value is -1.99. The number of anilines is 2. The van der Waals surface area contributed by atoms with E-state index in [1.54, 1.807) is 36.4 Å². The summed E-state index contributed by atoms with van der Waals surface area (Å²) in [6.45, 7) is 0. The average molecular weight is 366 g/mol. The van der Waals surface area contributed by atoms with Gasteiger partial charge in [0.15, 0.2) is 0 Å². The molecule has 0 atom stereocenters. The number of para-hydroxylation sites is 1. The first-order valence-electron chi connectivity index (χ1n) is 6.11. The maximum atomic E-state index is 12.5. The number of aromatic nitrogens is 1. The molecule has 3 rings (SSSR count). The van der Waals surface area contributed by atoms with Crippen LogP contribution in [0.4, 0.5) is 11.4 Å². The lowest BCUT2D eigenvalue weighted by molar-refractivity contribution is 0.602. The second kappa shape index (κ2) is 5.09. The molecule has 5 nitrogen and oxygen atoms in total. The van der Waals surface area contributed by atoms with E-state index in [9.17, 15) is 8.42 Å². The smallest absolute Gasteiger partial charge is 0.264 e. The summed E-state index contributed by atoms with van der Waals surface area (Å²) < 4.78 is 28.3. The Bertz CT molecular complexity index is 919. The lowest BCUT2D eigenvalue weighted by Gasteiger charge is -2.08. The van der Waals surface area contributed by atoms with Gasteiger partial charge in [0.2, 0.25) is 0 Å². The zero-order valence-electron chi connectivity index (χ0n) is 10.8. The number of halogens is 1. The molecular weight excluding hydrogens is 354 g/mol. The number of nitrogen functional groups attached to an aromatic ring is 1. The highest BCUT2D eigenvalue weighted by molar-refractivity contribution is 9.10. The summed E-state index contributed by atoms with van der Waals surface area (Å²) in [6, 6.07) is 12.1. The highest BCUT2D eigenvalue weighted by atomic mass is 79.9. The highest BCUT2D eigenvalue weighted by Crippen LogP contribution is 2.28. The largest absolute Gasteiger partial charge is 0.399 e. The van der Waals surface area contributed by atoms with Gasteiger partial charge in [-0.25, -0.2) is 8.42 Å². The summed E-state index contributed by atoms with van der Waals surface area (Å²) in [6.07, 6.45) is 1.46. The second-order valence-electron chi connectivity index (χ2n) is 4.54. The molecule has 0 aliphatic carbocycles. The fraction of sp³-hybridized carbons (Fsp3) is 0. The van der Waals surface area contributed by atoms with Gasteiger partial charge in [-0.15, -0.1) is 0 Å². The Balaban J connectivity index is 2.07. The molecule has 3 aromatic rings. The third-order valence-corrected chi connectivity index (χ3v) is 5.17. The van der Waals surface area contributed by atoms with Gasteiger partial charge in [-0.2, -0.15) is 0 Å². The zero-order valence-corrected chi connectivity index (χ0v) is 13.2. The van der Waals surface area contributed by atoms with E-state index >= 15 is 0 Å². The molecule has 0 fully saturated rings. The maximum Gasteiger partial charge on any atom is 0.264 e. The van der Waals surface area contributed by atoms with E-state index < -0.39 is 10.0 Å². The van der Waals surface area contributed by atoms with Crippen molar-refractivity contribution >= 4 is 48.2 Å². The molecule has 7 heteroatoms. The van der Waals surface area contributed by atoms with Crippen molar-refractivity contribution in [2.24, 2.45) is 0 Å². The van der Waals surface area contributed by atoms with Crippen LogP contribution in [0.2, 0.25) is 0 Å². The van der Waals surface area contributed by atoms with Gasteiger partial charge in [-0.3, -0.25) is 4.72 Å². The van der Waals surface area contributed by atoms with Crippen molar-refractivity contribution in [1.29, 1.82) is 0 Å². The molecule has 0 saturated heterocycles. The van der Waals surface area contributed by atoms with Crippen molar-refractivity contribution in [3.05, 3.63) is 53.1 Å². The van der Waals surface area contributed by atoms with Crippen LogP contribution >= 0.6 is 15.9 Å². The summed E-state index contributed by atoms with van der Waals surface area (Å²) in [5.74, 6) is 0. The molecule has 0 aliphatic rings. The number of rotatable bonds is 3. The molecule has 4 N–H and O–H groups in total. The number of sulfonamides is 1. The van der Waals surface area contributed by atoms with E-state index in [-0.39, 0.29) is 4.90 Å². The van der Waals surface area contributed by atoms with Gasteiger partial charge in [-0.1, -0.05) is 12.1 Å². The first-order valence-corrected chi connectivity index (χ1v) is 8.39. The van der Waals surface area contributed by atoms with Crippen LogP contribution in [-0.4, -0.2) is 13.4 Å². The second-order valence-corrected chi connectivity index (χ2v) is 7.05. The minimum absolute atomic E-state index is 0.188. The number of hydrogen-bond donors (Lipinski definition) is 3. The Morgan fingerprint density at radius 2 is 1.90 bits per heavy atom. The molecule has 0 radical (unpaired) electrons. The van der Waals surface area contributed by atoms with Crippen LogP contribution in [0.25, 0.3) is 10.9 Å². The van der Waals surface area contributed by atoms with Gasteiger partial charge in [0.1, 0.15) is 4.90 Å². The van der Waals surface area contributed by atoms with E-state index in [0.29, 0.717) is 26.8 Å². The lowest BCUT2D eigenvalue weighted by Crippen LogP contribution is -2.12. The predicted octanol–water partition coefficient (Wildman–Crippen LogP) is 3.31. The molecule has 0 amide bonds. The van der Waals surface area contributed by atoms with Crippen molar-refractivity contribution in [2.75, 3.05) is 10.5 Å². The van der Waals surface area contributed by atoms with E-state index in [0.717, 1.165) is 0 Å². The Labute approximate surface area is 130 Å². The van der Waals surface area contributed by atoms with E-state index in [4.69, 9.17) is 5.73 Å². The van der Waals surface area contributed by atoms with E-state index in [2.05, 4.69) is 25.6 Å². The molecule has 108 valence electrons. The molecule has 0 bridgehead atoms. The van der Waals surface area contributed by atoms with Gasteiger partial charge in [0.05, 0.1) is 5.69 Å². The average Bonchev–Trinajstić information content (AvgIpc) is 2.85. The molecule has 1 aromatic heterocycles. The molecular formula is C14H12BrN3O2S. The molecule has 0 aliphatic heterocycles. The fourth-order valence-electron chi connectivity index (χ4n) is 2.08. The third-order valence-electron chi connectivity index (χ3n) is 3.08. The normalized spacial score (nSPS) is 11.7. The van der Waals surface area contributed by atoms with Crippen LogP contribution < -0.4 is 10.5 Å². The van der Waals surface area contributed by atoms with E-state index in [1.165, 1.54) is 6.20 Å². The van der Waals surface area contributed by atoms with Crippen LogP contribution in [0, 0.1) is 0 Å². The third kappa shape index (κ3) is 2.62. The Morgan fingerprint density at radius 1 is 1.14 bits per heavy atom. The highest BCUT2D eigenvalue weighted by Gasteiger charge is 2.19. The Kier molecular flexibility index (Phi) is 3.38. The van der Waals surface area contributed by atoms with Crippen molar-refractivity contribution in [3.8, 4) is 0 Å². The molecule has 0 unspecified atom stereocenters. The van der Waals surface area contributed by atoms with Crippen LogP contribution in [0.3, 0.4) is 0 Å². The van der Waals surface area contributed by atoms with Crippen LogP contribution in [0.15, 0.2) is 58.0 Å². The maximum absolute atomic E-state index is 12.5. The standard InChI is InChI=1S/C14H12BrN3O2S/c15-11-3-1-2-4-12(11)18-21(19,20)14-8-17-13-7-9(16)5-6-10(13)14/h1-8,17-18H,16H2. The number of aromatic amines is 1. The minimum Gasteiger partial charge on any atom is -0.399 e. The van der Waals surface area contributed by atoms with Crippen molar-refractivity contribution < 1.29 is 8.42 Å². The summed E-state index contributed by atoms with van der Waals surface area (Å²) in [7, 11) is -3.68. The number of H-pyrrole nitrogens is 1. The van der Waals surface area contributed by atoms with Gasteiger partial charge >= 0.3 is 0 Å². The number of hydrogen-bond acceptors (Lipinski definition) is 3. The quantitative estimate of drug-likeness (QED) is 0.622. The number of nitrogens with two attached hydrogens (primary N) is 1. The molecule has 0 spiro atoms. The molecule has 2 aromatic carbocycles. The first-order chi connectivity index (χ1) is 9.97. The Morgan fingerprint density at radius 3 is 2.67 bits per heavy atom. The number of benzene rings is 2. The summed E-state index contributed by atoms with van der Waals surface area (Å²) in [4.78, 5) is 3.11. The predicted molar refractivity (Wildman–Crippen MR) is 87.7 cm³/mol. The summed E-state index contributed by atoms with van der Waals surface area (Å²) in [5.41, 5.74) is 7.44. The van der Waals surface area contributed by atoms with Gasteiger partial charge < -0.3 is 10.7 Å². The summed E-state index contributed by atoms with van der Waals surface area (Å²) in [5, 5.41) is 0.601. The number of fused-ring (bicyclic) bond motifs is 1. The van der Waals surface area contributed by atoms with Gasteiger partial charge in [0, 0.05) is 27.3 Å². The lowest BCUT2D eigenvalue weighted by atomic mass is 10.2. The van der Waals surface area contributed by atoms with E-state index in [1.807, 2.05) is 6.07 Å². The van der Waals surface area contributed by atoms with Crippen LogP contribution in [-0.2, 0) is 10.0 Å². The SMILES string of the molecule is Nc1ccc2c(S(=O)(=O)Nc3ccccc3Br)c[nH]c2c1. The number of nitrogens with one attached hydrogen (secondary N) is 2. The van der Waals surface area contributed by atoms with Gasteiger partial charge in [-0.05, 0) is 46.3 Å².